The van der Waals surface area contributed by atoms with Crippen molar-refractivity contribution in [1.29, 1.82) is 5.26 Å². The molecule has 20 heavy (non-hydrogen) atoms. The fourth-order valence-corrected chi connectivity index (χ4v) is 2.26. The van der Waals surface area contributed by atoms with Gasteiger partial charge in [0, 0.05) is 39.8 Å². The third-order valence-electron chi connectivity index (χ3n) is 3.64. The predicted molar refractivity (Wildman–Crippen MR) is 72.6 cm³/mol. The van der Waals surface area contributed by atoms with E-state index >= 15 is 0 Å². The first-order chi connectivity index (χ1) is 9.51. The summed E-state index contributed by atoms with van der Waals surface area (Å²) >= 11 is 0. The van der Waals surface area contributed by atoms with Crippen molar-refractivity contribution in [2.45, 2.75) is 19.4 Å². The Morgan fingerprint density at radius 2 is 1.95 bits per heavy atom. The maximum atomic E-state index is 12.2. The number of likely N-dealkylation sites (N-methyl/N-ethyl adjacent to an activating group) is 1. The van der Waals surface area contributed by atoms with Gasteiger partial charge in [-0.1, -0.05) is 0 Å². The quantitative estimate of drug-likeness (QED) is 0.690. The predicted octanol–water partition coefficient (Wildman–Crippen LogP) is -1.12. The third kappa shape index (κ3) is 4.18. The molecule has 1 N–H and O–H groups in total. The molecule has 0 saturated carbocycles. The molecule has 7 nitrogen and oxygen atoms in total. The number of piperazine rings is 1. The van der Waals surface area contributed by atoms with Gasteiger partial charge in [-0.25, -0.2) is 0 Å². The Kier molecular flexibility index (Phi) is 6.42. The Hall–Kier alpha value is -1.65. The van der Waals surface area contributed by atoms with Crippen molar-refractivity contribution >= 4 is 11.8 Å². The molecule has 0 aliphatic carbocycles. The number of aliphatic hydroxyl groups excluding tert-OH is 1. The van der Waals surface area contributed by atoms with Crippen LogP contribution >= 0.6 is 0 Å². The maximum absolute atomic E-state index is 12.2. The molecule has 1 heterocycles. The molecular formula is C13H22N4O3. The zero-order valence-corrected chi connectivity index (χ0v) is 12.1. The van der Waals surface area contributed by atoms with E-state index < -0.39 is 6.61 Å². The van der Waals surface area contributed by atoms with Crippen molar-refractivity contribution in [2.24, 2.45) is 0 Å². The highest BCUT2D eigenvalue weighted by atomic mass is 16.3. The van der Waals surface area contributed by atoms with E-state index in [2.05, 4.69) is 0 Å². The van der Waals surface area contributed by atoms with Crippen LogP contribution in [-0.2, 0) is 9.59 Å². The molecule has 0 radical (unpaired) electrons. The summed E-state index contributed by atoms with van der Waals surface area (Å²) in [6.45, 7) is 4.09. The summed E-state index contributed by atoms with van der Waals surface area (Å²) in [5.74, 6) is -0.281. The molecule has 0 aromatic carbocycles. The molecule has 0 bridgehead atoms. The number of rotatable bonds is 5. The highest BCUT2D eigenvalue weighted by molar-refractivity contribution is 5.81. The van der Waals surface area contributed by atoms with Gasteiger partial charge < -0.3 is 14.9 Å². The van der Waals surface area contributed by atoms with E-state index in [-0.39, 0.29) is 17.9 Å². The molecule has 1 saturated heterocycles. The van der Waals surface area contributed by atoms with Crippen LogP contribution in [0.15, 0.2) is 0 Å². The summed E-state index contributed by atoms with van der Waals surface area (Å²) in [4.78, 5) is 28.7. The van der Waals surface area contributed by atoms with Crippen LogP contribution in [0.5, 0.6) is 0 Å². The number of nitrogens with zero attached hydrogens (tertiary/aromatic N) is 4. The average Bonchev–Trinajstić information content (AvgIpc) is 2.50. The largest absolute Gasteiger partial charge is 0.387 e. The Labute approximate surface area is 119 Å². The zero-order valence-electron chi connectivity index (χ0n) is 12.1. The second-order valence-corrected chi connectivity index (χ2v) is 4.92. The zero-order chi connectivity index (χ0) is 15.1. The van der Waals surface area contributed by atoms with Gasteiger partial charge in [-0.05, 0) is 6.92 Å². The van der Waals surface area contributed by atoms with Crippen molar-refractivity contribution in [3.8, 4) is 6.07 Å². The molecule has 0 aromatic heterocycles. The molecular weight excluding hydrogens is 260 g/mol. The van der Waals surface area contributed by atoms with Gasteiger partial charge in [0.25, 0.3) is 0 Å². The van der Waals surface area contributed by atoms with Crippen LogP contribution in [0.1, 0.15) is 13.3 Å². The van der Waals surface area contributed by atoms with Gasteiger partial charge >= 0.3 is 0 Å². The Balaban J connectivity index is 2.46. The minimum absolute atomic E-state index is 0.0119. The lowest BCUT2D eigenvalue weighted by atomic mass is 10.2. The van der Waals surface area contributed by atoms with Crippen molar-refractivity contribution in [1.82, 2.24) is 14.7 Å². The molecule has 0 aromatic rings. The number of nitriles is 1. The van der Waals surface area contributed by atoms with Gasteiger partial charge in [0.15, 0.2) is 0 Å². The lowest BCUT2D eigenvalue weighted by Gasteiger charge is -2.38. The molecule has 1 rings (SSSR count). The maximum Gasteiger partial charge on any atom is 0.248 e. The summed E-state index contributed by atoms with van der Waals surface area (Å²) in [6, 6.07) is 1.76. The van der Waals surface area contributed by atoms with E-state index in [0.29, 0.717) is 39.1 Å². The molecule has 1 fully saturated rings. The minimum Gasteiger partial charge on any atom is -0.387 e. The van der Waals surface area contributed by atoms with Gasteiger partial charge in [-0.2, -0.15) is 5.26 Å². The highest BCUT2D eigenvalue weighted by Crippen LogP contribution is 2.09. The SMILES string of the molecule is C[C@@H](C(=O)N(C)CCC#N)N1CCN(C(=O)CO)CC1. The topological polar surface area (TPSA) is 87.9 Å². The summed E-state index contributed by atoms with van der Waals surface area (Å²) in [5.41, 5.74) is 0. The van der Waals surface area contributed by atoms with Gasteiger partial charge in [0.1, 0.15) is 6.61 Å². The molecule has 1 aliphatic rings. The normalized spacial score (nSPS) is 17.4. The Bertz CT molecular complexity index is 386. The van der Waals surface area contributed by atoms with Crippen LogP contribution in [0.3, 0.4) is 0 Å². The van der Waals surface area contributed by atoms with Crippen molar-refractivity contribution < 1.29 is 14.7 Å². The first-order valence-corrected chi connectivity index (χ1v) is 6.75. The van der Waals surface area contributed by atoms with E-state index in [0.717, 1.165) is 0 Å². The van der Waals surface area contributed by atoms with Crippen molar-refractivity contribution in [3.63, 3.8) is 0 Å². The molecule has 1 aliphatic heterocycles. The van der Waals surface area contributed by atoms with Crippen LogP contribution in [-0.4, -0.2) is 84.0 Å². The van der Waals surface area contributed by atoms with Crippen LogP contribution in [0.4, 0.5) is 0 Å². The van der Waals surface area contributed by atoms with E-state index in [1.165, 1.54) is 0 Å². The van der Waals surface area contributed by atoms with Crippen molar-refractivity contribution in [2.75, 3.05) is 46.4 Å². The summed E-state index contributed by atoms with van der Waals surface area (Å²) in [5, 5.41) is 17.3. The van der Waals surface area contributed by atoms with E-state index in [4.69, 9.17) is 10.4 Å². The average molecular weight is 282 g/mol. The second-order valence-electron chi connectivity index (χ2n) is 4.92. The fraction of sp³-hybridized carbons (Fsp3) is 0.769. The molecule has 1 atom stereocenters. The Morgan fingerprint density at radius 1 is 1.35 bits per heavy atom. The molecule has 112 valence electrons. The molecule has 7 heteroatoms. The van der Waals surface area contributed by atoms with E-state index in [9.17, 15) is 9.59 Å². The summed E-state index contributed by atoms with van der Waals surface area (Å²) < 4.78 is 0. The number of carbonyl (C=O) groups is 2. The standard InChI is InChI=1S/C13H22N4O3/c1-11(13(20)15(2)5-3-4-14)16-6-8-17(9-7-16)12(19)10-18/h11,18H,3,5-10H2,1-2H3/t11-/m0/s1. The van der Waals surface area contributed by atoms with Gasteiger partial charge in [0.2, 0.25) is 11.8 Å². The first kappa shape index (κ1) is 16.4. The summed E-state index contributed by atoms with van der Waals surface area (Å²) in [7, 11) is 1.70. The van der Waals surface area contributed by atoms with Gasteiger partial charge in [0.05, 0.1) is 18.5 Å². The van der Waals surface area contributed by atoms with E-state index in [1.807, 2.05) is 17.9 Å². The number of hydrogen-bond acceptors (Lipinski definition) is 5. The molecule has 2 amide bonds. The van der Waals surface area contributed by atoms with Crippen LogP contribution in [0.25, 0.3) is 0 Å². The van der Waals surface area contributed by atoms with Gasteiger partial charge in [-0.3, -0.25) is 14.5 Å². The number of amides is 2. The number of hydrogen-bond donors (Lipinski definition) is 1. The van der Waals surface area contributed by atoms with Crippen LogP contribution in [0.2, 0.25) is 0 Å². The third-order valence-corrected chi connectivity index (χ3v) is 3.64. The first-order valence-electron chi connectivity index (χ1n) is 6.75. The lowest BCUT2D eigenvalue weighted by molar-refractivity contribution is -0.139. The Morgan fingerprint density at radius 3 is 2.45 bits per heavy atom. The van der Waals surface area contributed by atoms with Crippen LogP contribution < -0.4 is 0 Å². The van der Waals surface area contributed by atoms with Gasteiger partial charge in [-0.15, -0.1) is 0 Å². The van der Waals surface area contributed by atoms with E-state index in [1.54, 1.807) is 16.8 Å². The second kappa shape index (κ2) is 7.82. The molecule has 0 unspecified atom stereocenters. The highest BCUT2D eigenvalue weighted by Gasteiger charge is 2.28. The minimum atomic E-state index is -0.467. The lowest BCUT2D eigenvalue weighted by Crippen LogP contribution is -2.55. The number of aliphatic hydroxyl groups is 1. The monoisotopic (exact) mass is 282 g/mol. The van der Waals surface area contributed by atoms with Crippen molar-refractivity contribution in [3.05, 3.63) is 0 Å². The fourth-order valence-electron chi connectivity index (χ4n) is 2.26. The molecule has 0 spiro atoms. The number of carbonyl (C=O) groups excluding carboxylic acids is 2. The summed E-state index contributed by atoms with van der Waals surface area (Å²) in [6.07, 6.45) is 0.327. The van der Waals surface area contributed by atoms with Crippen LogP contribution in [0, 0.1) is 11.3 Å². The smallest absolute Gasteiger partial charge is 0.248 e.